The molecular weight excluding hydrogens is 316 g/mol. The van der Waals surface area contributed by atoms with Gasteiger partial charge in [0, 0.05) is 38.3 Å². The second kappa shape index (κ2) is 6.91. The first-order valence-corrected chi connectivity index (χ1v) is 7.87. The lowest BCUT2D eigenvalue weighted by atomic mass is 9.93. The van der Waals surface area contributed by atoms with E-state index in [4.69, 9.17) is 16.3 Å². The zero-order chi connectivity index (χ0) is 16.2. The second-order valence-corrected chi connectivity index (χ2v) is 5.83. The van der Waals surface area contributed by atoms with Crippen LogP contribution in [0.15, 0.2) is 30.7 Å². The minimum absolute atomic E-state index is 0.117. The van der Waals surface area contributed by atoms with E-state index in [9.17, 15) is 4.79 Å². The molecule has 2 aromatic rings. The molecule has 7 heteroatoms. The van der Waals surface area contributed by atoms with Gasteiger partial charge >= 0.3 is 0 Å². The second-order valence-electron chi connectivity index (χ2n) is 5.45. The van der Waals surface area contributed by atoms with Gasteiger partial charge in [-0.25, -0.2) is 9.97 Å². The molecule has 23 heavy (non-hydrogen) atoms. The molecule has 1 amide bonds. The van der Waals surface area contributed by atoms with E-state index in [-0.39, 0.29) is 11.8 Å². The quantitative estimate of drug-likeness (QED) is 0.808. The Kier molecular flexibility index (Phi) is 4.71. The van der Waals surface area contributed by atoms with E-state index in [0.29, 0.717) is 16.8 Å². The van der Waals surface area contributed by atoms with Crippen LogP contribution < -0.4 is 4.74 Å². The highest BCUT2D eigenvalue weighted by Gasteiger charge is 2.26. The van der Waals surface area contributed by atoms with E-state index in [0.717, 1.165) is 31.6 Å². The summed E-state index contributed by atoms with van der Waals surface area (Å²) >= 11 is 5.78. The van der Waals surface area contributed by atoms with E-state index in [1.54, 1.807) is 37.6 Å². The fourth-order valence-electron chi connectivity index (χ4n) is 2.70. The molecule has 0 radical (unpaired) electrons. The fraction of sp³-hybridized carbons (Fsp3) is 0.375. The van der Waals surface area contributed by atoms with Crippen LogP contribution in [0.1, 0.15) is 31.4 Å². The van der Waals surface area contributed by atoms with E-state index < -0.39 is 0 Å². The van der Waals surface area contributed by atoms with Crippen molar-refractivity contribution in [3.63, 3.8) is 0 Å². The monoisotopic (exact) mass is 332 g/mol. The van der Waals surface area contributed by atoms with Gasteiger partial charge in [0.25, 0.3) is 0 Å². The summed E-state index contributed by atoms with van der Waals surface area (Å²) in [4.78, 5) is 26.0. The van der Waals surface area contributed by atoms with Crippen molar-refractivity contribution in [1.82, 2.24) is 19.9 Å². The number of nitrogens with zero attached hydrogens (tertiary/aromatic N) is 4. The predicted octanol–water partition coefficient (Wildman–Crippen LogP) is 3.04. The predicted molar refractivity (Wildman–Crippen MR) is 85.6 cm³/mol. The molecule has 0 aromatic carbocycles. The van der Waals surface area contributed by atoms with Crippen LogP contribution in [-0.4, -0.2) is 38.8 Å². The number of pyridine rings is 1. The summed E-state index contributed by atoms with van der Waals surface area (Å²) in [6.07, 6.45) is 6.53. The summed E-state index contributed by atoms with van der Waals surface area (Å²) in [5.41, 5.74) is 0.825. The number of aromatic nitrogens is 3. The Morgan fingerprint density at radius 3 is 2.61 bits per heavy atom. The Morgan fingerprint density at radius 2 is 1.96 bits per heavy atom. The summed E-state index contributed by atoms with van der Waals surface area (Å²) in [6, 6.07) is 3.41. The van der Waals surface area contributed by atoms with Gasteiger partial charge in [-0.05, 0) is 25.0 Å². The lowest BCUT2D eigenvalue weighted by Crippen LogP contribution is -2.36. The minimum Gasteiger partial charge on any atom is -0.436 e. The van der Waals surface area contributed by atoms with Crippen molar-refractivity contribution in [2.75, 3.05) is 13.1 Å². The van der Waals surface area contributed by atoms with Gasteiger partial charge < -0.3 is 9.64 Å². The molecule has 1 fully saturated rings. The summed E-state index contributed by atoms with van der Waals surface area (Å²) in [5, 5.41) is 0.410. The highest BCUT2D eigenvalue weighted by molar-refractivity contribution is 6.29. The van der Waals surface area contributed by atoms with E-state index in [2.05, 4.69) is 15.0 Å². The van der Waals surface area contributed by atoms with Crippen LogP contribution in [0.2, 0.25) is 5.15 Å². The number of piperidine rings is 1. The Bertz CT molecular complexity index is 685. The van der Waals surface area contributed by atoms with Crippen LogP contribution >= 0.6 is 11.6 Å². The maximum atomic E-state index is 11.4. The number of carbonyl (C=O) groups excluding carboxylic acids is 1. The molecule has 120 valence electrons. The van der Waals surface area contributed by atoms with Crippen molar-refractivity contribution in [3.8, 4) is 11.6 Å². The maximum Gasteiger partial charge on any atom is 0.241 e. The fourth-order valence-corrected chi connectivity index (χ4v) is 2.81. The van der Waals surface area contributed by atoms with Gasteiger partial charge in [-0.2, -0.15) is 0 Å². The number of hydrogen-bond donors (Lipinski definition) is 0. The SMILES string of the molecule is CC(=O)N1CCC(c2nccnc2Oc2ccc(Cl)nc2)CC1. The average molecular weight is 333 g/mol. The van der Waals surface area contributed by atoms with Crippen LogP contribution in [0.3, 0.4) is 0 Å². The summed E-state index contributed by atoms with van der Waals surface area (Å²) in [5.74, 6) is 1.40. The largest absolute Gasteiger partial charge is 0.436 e. The van der Waals surface area contributed by atoms with Gasteiger partial charge in [-0.3, -0.25) is 9.78 Å². The van der Waals surface area contributed by atoms with Crippen LogP contribution in [0.25, 0.3) is 0 Å². The molecule has 0 bridgehead atoms. The minimum atomic E-state index is 0.117. The Labute approximate surface area is 139 Å². The molecule has 1 aliphatic rings. The van der Waals surface area contributed by atoms with E-state index >= 15 is 0 Å². The van der Waals surface area contributed by atoms with E-state index in [1.807, 2.05) is 4.90 Å². The number of ether oxygens (including phenoxy) is 1. The molecule has 0 unspecified atom stereocenters. The zero-order valence-electron chi connectivity index (χ0n) is 12.8. The molecule has 0 spiro atoms. The lowest BCUT2D eigenvalue weighted by Gasteiger charge is -2.31. The third kappa shape index (κ3) is 3.76. The van der Waals surface area contributed by atoms with Gasteiger partial charge in [0.05, 0.1) is 6.20 Å². The van der Waals surface area contributed by atoms with Gasteiger partial charge in [0.1, 0.15) is 16.6 Å². The molecule has 3 heterocycles. The van der Waals surface area contributed by atoms with Crippen LogP contribution in [0.5, 0.6) is 11.6 Å². The smallest absolute Gasteiger partial charge is 0.241 e. The van der Waals surface area contributed by atoms with Crippen molar-refractivity contribution in [1.29, 1.82) is 0 Å². The number of halogens is 1. The molecule has 1 saturated heterocycles. The third-order valence-electron chi connectivity index (χ3n) is 3.93. The molecule has 0 aliphatic carbocycles. The van der Waals surface area contributed by atoms with Gasteiger partial charge in [0.2, 0.25) is 11.8 Å². The Balaban J connectivity index is 1.76. The van der Waals surface area contributed by atoms with E-state index in [1.165, 1.54) is 0 Å². The molecule has 6 nitrogen and oxygen atoms in total. The van der Waals surface area contributed by atoms with Crippen molar-refractivity contribution in [2.24, 2.45) is 0 Å². The Morgan fingerprint density at radius 1 is 1.22 bits per heavy atom. The van der Waals surface area contributed by atoms with Gasteiger partial charge in [0.15, 0.2) is 0 Å². The van der Waals surface area contributed by atoms with Gasteiger partial charge in [-0.15, -0.1) is 0 Å². The topological polar surface area (TPSA) is 68.2 Å². The number of likely N-dealkylation sites (tertiary alicyclic amines) is 1. The van der Waals surface area contributed by atoms with Crippen LogP contribution in [0.4, 0.5) is 0 Å². The molecule has 0 atom stereocenters. The molecule has 3 rings (SSSR count). The number of rotatable bonds is 3. The van der Waals surface area contributed by atoms with Crippen LogP contribution in [-0.2, 0) is 4.79 Å². The summed E-state index contributed by atoms with van der Waals surface area (Å²) < 4.78 is 5.82. The number of hydrogen-bond acceptors (Lipinski definition) is 5. The molecule has 2 aromatic heterocycles. The maximum absolute atomic E-state index is 11.4. The Hall–Kier alpha value is -2.21. The third-order valence-corrected chi connectivity index (χ3v) is 4.16. The number of carbonyl (C=O) groups is 1. The zero-order valence-corrected chi connectivity index (χ0v) is 13.5. The highest BCUT2D eigenvalue weighted by Crippen LogP contribution is 2.33. The molecular formula is C16H17ClN4O2. The lowest BCUT2D eigenvalue weighted by molar-refractivity contribution is -0.129. The average Bonchev–Trinajstić information content (AvgIpc) is 2.57. The molecule has 1 aliphatic heterocycles. The first-order chi connectivity index (χ1) is 11.1. The van der Waals surface area contributed by atoms with Crippen molar-refractivity contribution in [3.05, 3.63) is 41.6 Å². The molecule has 0 saturated carbocycles. The van der Waals surface area contributed by atoms with Crippen LogP contribution in [0, 0.1) is 0 Å². The van der Waals surface area contributed by atoms with Crippen molar-refractivity contribution >= 4 is 17.5 Å². The summed E-state index contributed by atoms with van der Waals surface area (Å²) in [6.45, 7) is 3.07. The first kappa shape index (κ1) is 15.7. The van der Waals surface area contributed by atoms with Crippen molar-refractivity contribution < 1.29 is 9.53 Å². The molecule has 0 N–H and O–H groups in total. The van der Waals surface area contributed by atoms with Gasteiger partial charge in [-0.1, -0.05) is 11.6 Å². The highest BCUT2D eigenvalue weighted by atomic mass is 35.5. The first-order valence-electron chi connectivity index (χ1n) is 7.49. The summed E-state index contributed by atoms with van der Waals surface area (Å²) in [7, 11) is 0. The normalized spacial score (nSPS) is 15.5. The number of amides is 1. The standard InChI is InChI=1S/C16H17ClN4O2/c1-11(22)21-8-4-12(5-9-21)15-16(19-7-6-18-15)23-13-2-3-14(17)20-10-13/h2-3,6-7,10,12H,4-5,8-9H2,1H3. The van der Waals surface area contributed by atoms with Crippen molar-refractivity contribution in [2.45, 2.75) is 25.7 Å².